The molecular formula is C13H13N5O2S. The zero-order valence-electron chi connectivity index (χ0n) is 11.2. The second kappa shape index (κ2) is 5.49. The average molecular weight is 303 g/mol. The van der Waals surface area contributed by atoms with E-state index in [4.69, 9.17) is 10.3 Å². The molecule has 0 aliphatic heterocycles. The summed E-state index contributed by atoms with van der Waals surface area (Å²) >= 11 is 1.30. The van der Waals surface area contributed by atoms with Crippen molar-refractivity contribution in [3.63, 3.8) is 0 Å². The predicted octanol–water partition coefficient (Wildman–Crippen LogP) is 2.17. The third kappa shape index (κ3) is 3.16. The molecule has 2 heterocycles. The maximum atomic E-state index is 11.8. The highest BCUT2D eigenvalue weighted by atomic mass is 32.2. The summed E-state index contributed by atoms with van der Waals surface area (Å²) in [5.41, 5.74) is 8.76. The van der Waals surface area contributed by atoms with Crippen molar-refractivity contribution in [2.24, 2.45) is 0 Å². The number of rotatable bonds is 4. The molecule has 7 nitrogen and oxygen atoms in total. The molecule has 2 aromatic heterocycles. The molecule has 0 spiro atoms. The summed E-state index contributed by atoms with van der Waals surface area (Å²) in [6.07, 6.45) is 0. The molecule has 108 valence electrons. The number of hydrogen-bond donors (Lipinski definition) is 3. The Hall–Kier alpha value is -2.48. The third-order valence-corrected chi connectivity index (χ3v) is 3.59. The normalized spacial score (nSPS) is 10.9. The molecule has 0 unspecified atom stereocenters. The van der Waals surface area contributed by atoms with Crippen LogP contribution < -0.4 is 11.1 Å². The second-order valence-electron chi connectivity index (χ2n) is 4.49. The Kier molecular flexibility index (Phi) is 3.53. The van der Waals surface area contributed by atoms with Crippen LogP contribution in [0.15, 0.2) is 33.9 Å². The number of nitrogens with zero attached hydrogens (tertiary/aromatic N) is 2. The van der Waals surface area contributed by atoms with Crippen LogP contribution in [0.1, 0.15) is 5.69 Å². The molecule has 8 heteroatoms. The Bertz CT molecular complexity index is 795. The summed E-state index contributed by atoms with van der Waals surface area (Å²) in [5.74, 6) is 0.376. The maximum absolute atomic E-state index is 11.8. The number of carbonyl (C=O) groups excluding carboxylic acids is 1. The summed E-state index contributed by atoms with van der Waals surface area (Å²) in [6.45, 7) is 1.79. The molecule has 0 saturated heterocycles. The van der Waals surface area contributed by atoms with Gasteiger partial charge >= 0.3 is 0 Å². The van der Waals surface area contributed by atoms with Crippen LogP contribution in [0.5, 0.6) is 0 Å². The minimum absolute atomic E-state index is 0.184. The fourth-order valence-corrected chi connectivity index (χ4v) is 2.49. The van der Waals surface area contributed by atoms with Gasteiger partial charge in [-0.2, -0.15) is 0 Å². The van der Waals surface area contributed by atoms with Crippen molar-refractivity contribution < 1.29 is 9.32 Å². The number of nitrogens with one attached hydrogen (secondary N) is 2. The van der Waals surface area contributed by atoms with E-state index in [1.165, 1.54) is 11.8 Å². The quantitative estimate of drug-likeness (QED) is 0.503. The van der Waals surface area contributed by atoms with Crippen molar-refractivity contribution in [1.29, 1.82) is 0 Å². The lowest BCUT2D eigenvalue weighted by molar-refractivity contribution is -0.113. The number of aromatic nitrogens is 3. The lowest BCUT2D eigenvalue weighted by Crippen LogP contribution is -2.13. The van der Waals surface area contributed by atoms with Crippen molar-refractivity contribution in [2.75, 3.05) is 16.8 Å². The van der Waals surface area contributed by atoms with Gasteiger partial charge in [0.1, 0.15) is 0 Å². The lowest BCUT2D eigenvalue weighted by atomic mass is 10.3. The minimum Gasteiger partial charge on any atom is -0.399 e. The van der Waals surface area contributed by atoms with Gasteiger partial charge in [0.25, 0.3) is 0 Å². The summed E-state index contributed by atoms with van der Waals surface area (Å²) in [5, 5.41) is 6.99. The molecule has 0 saturated carbocycles. The first-order valence-corrected chi connectivity index (χ1v) is 7.20. The Morgan fingerprint density at radius 2 is 2.33 bits per heavy atom. The lowest BCUT2D eigenvalue weighted by Gasteiger charge is -1.98. The van der Waals surface area contributed by atoms with Crippen molar-refractivity contribution in [2.45, 2.75) is 12.1 Å². The van der Waals surface area contributed by atoms with Crippen molar-refractivity contribution >= 4 is 40.3 Å². The van der Waals surface area contributed by atoms with Crippen molar-refractivity contribution in [1.82, 2.24) is 15.1 Å². The molecule has 21 heavy (non-hydrogen) atoms. The maximum Gasteiger partial charge on any atom is 0.237 e. The zero-order chi connectivity index (χ0) is 14.8. The Balaban J connectivity index is 1.61. The van der Waals surface area contributed by atoms with Crippen LogP contribution in [-0.4, -0.2) is 26.8 Å². The van der Waals surface area contributed by atoms with E-state index >= 15 is 0 Å². The number of nitrogens with two attached hydrogens (primary N) is 1. The van der Waals surface area contributed by atoms with Crippen molar-refractivity contribution in [3.05, 3.63) is 30.0 Å². The minimum atomic E-state index is -0.184. The van der Waals surface area contributed by atoms with Gasteiger partial charge in [-0.3, -0.25) is 10.1 Å². The zero-order valence-corrected chi connectivity index (χ0v) is 12.0. The Labute approximate surface area is 124 Å². The molecule has 1 amide bonds. The first-order chi connectivity index (χ1) is 10.1. The number of nitrogen functional groups attached to an aromatic ring is 1. The predicted molar refractivity (Wildman–Crippen MR) is 81.1 cm³/mol. The number of carbonyl (C=O) groups is 1. The van der Waals surface area contributed by atoms with E-state index in [1.807, 2.05) is 12.1 Å². The number of aryl methyl sites for hydroxylation is 1. The highest BCUT2D eigenvalue weighted by Crippen LogP contribution is 2.21. The smallest absolute Gasteiger partial charge is 0.237 e. The highest BCUT2D eigenvalue weighted by Gasteiger charge is 2.09. The number of imidazole rings is 1. The third-order valence-electron chi connectivity index (χ3n) is 2.71. The average Bonchev–Trinajstić information content (AvgIpc) is 3.02. The molecule has 0 atom stereocenters. The summed E-state index contributed by atoms with van der Waals surface area (Å²) in [7, 11) is 0. The van der Waals surface area contributed by atoms with Gasteiger partial charge in [0.15, 0.2) is 5.16 Å². The van der Waals surface area contributed by atoms with Crippen LogP contribution in [0.25, 0.3) is 11.0 Å². The summed E-state index contributed by atoms with van der Waals surface area (Å²) in [6, 6.07) is 7.09. The molecular weight excluding hydrogens is 290 g/mol. The molecule has 0 aliphatic rings. The van der Waals surface area contributed by atoms with Crippen LogP contribution in [0, 0.1) is 6.92 Å². The van der Waals surface area contributed by atoms with Gasteiger partial charge in [-0.15, -0.1) is 0 Å². The van der Waals surface area contributed by atoms with E-state index in [-0.39, 0.29) is 11.7 Å². The van der Waals surface area contributed by atoms with E-state index in [0.29, 0.717) is 22.4 Å². The van der Waals surface area contributed by atoms with Gasteiger partial charge in [0.2, 0.25) is 11.8 Å². The SMILES string of the molecule is Cc1cc(NC(=O)CSc2nc3ccc(N)cc3[nH]2)on1. The van der Waals surface area contributed by atoms with E-state index in [0.717, 1.165) is 11.0 Å². The molecule has 0 aliphatic carbocycles. The molecule has 1 aromatic carbocycles. The Morgan fingerprint density at radius 1 is 1.48 bits per heavy atom. The van der Waals surface area contributed by atoms with Crippen LogP contribution >= 0.6 is 11.8 Å². The number of benzene rings is 1. The molecule has 4 N–H and O–H groups in total. The van der Waals surface area contributed by atoms with Gasteiger partial charge in [-0.1, -0.05) is 16.9 Å². The molecule has 0 bridgehead atoms. The van der Waals surface area contributed by atoms with Crippen molar-refractivity contribution in [3.8, 4) is 0 Å². The van der Waals surface area contributed by atoms with Crippen LogP contribution in [0.2, 0.25) is 0 Å². The van der Waals surface area contributed by atoms with Crippen LogP contribution in [-0.2, 0) is 4.79 Å². The van der Waals surface area contributed by atoms with Gasteiger partial charge in [0, 0.05) is 11.8 Å². The standard InChI is InChI=1S/C13H13N5O2S/c1-7-4-12(20-18-7)17-11(19)6-21-13-15-9-3-2-8(14)5-10(9)16-13/h2-5H,6,14H2,1H3,(H,15,16)(H,17,19). The van der Waals surface area contributed by atoms with Crippen LogP contribution in [0.3, 0.4) is 0 Å². The molecule has 0 fully saturated rings. The topological polar surface area (TPSA) is 110 Å². The summed E-state index contributed by atoms with van der Waals surface area (Å²) in [4.78, 5) is 19.3. The monoisotopic (exact) mass is 303 g/mol. The van der Waals surface area contributed by atoms with E-state index < -0.39 is 0 Å². The fourth-order valence-electron chi connectivity index (χ4n) is 1.80. The molecule has 3 rings (SSSR count). The van der Waals surface area contributed by atoms with Gasteiger partial charge < -0.3 is 15.2 Å². The van der Waals surface area contributed by atoms with Crippen LogP contribution in [0.4, 0.5) is 11.6 Å². The number of H-pyrrole nitrogens is 1. The number of thioether (sulfide) groups is 1. The highest BCUT2D eigenvalue weighted by molar-refractivity contribution is 7.99. The molecule has 0 radical (unpaired) electrons. The number of fused-ring (bicyclic) bond motifs is 1. The second-order valence-corrected chi connectivity index (χ2v) is 5.45. The van der Waals surface area contributed by atoms with Gasteiger partial charge in [-0.25, -0.2) is 4.98 Å². The molecule has 3 aromatic rings. The largest absolute Gasteiger partial charge is 0.399 e. The number of aromatic amines is 1. The van der Waals surface area contributed by atoms with Gasteiger partial charge in [-0.05, 0) is 25.1 Å². The first kappa shape index (κ1) is 13.5. The van der Waals surface area contributed by atoms with E-state index in [9.17, 15) is 4.79 Å². The van der Waals surface area contributed by atoms with Gasteiger partial charge in [0.05, 0.1) is 22.5 Å². The fraction of sp³-hybridized carbons (Fsp3) is 0.154. The van der Waals surface area contributed by atoms with E-state index in [1.54, 1.807) is 19.1 Å². The number of anilines is 2. The first-order valence-electron chi connectivity index (χ1n) is 6.21. The number of hydrogen-bond acceptors (Lipinski definition) is 6. The van der Waals surface area contributed by atoms with E-state index in [2.05, 4.69) is 20.4 Å². The number of amides is 1. The Morgan fingerprint density at radius 3 is 3.10 bits per heavy atom. The summed E-state index contributed by atoms with van der Waals surface area (Å²) < 4.78 is 4.92.